The normalized spacial score (nSPS) is 12.2. The molecule has 0 saturated heterocycles. The monoisotopic (exact) mass is 587 g/mol. The third-order valence-corrected chi connectivity index (χ3v) is 6.69. The van der Waals surface area contributed by atoms with Crippen molar-refractivity contribution < 1.29 is 35.9 Å². The Hall–Kier alpha value is -3.65. The zero-order chi connectivity index (χ0) is 29.3. The van der Waals surface area contributed by atoms with Crippen molar-refractivity contribution in [2.75, 3.05) is 16.2 Å². The van der Waals surface area contributed by atoms with E-state index in [2.05, 4.69) is 14.8 Å². The molecule has 1 N–H and O–H groups in total. The van der Waals surface area contributed by atoms with Gasteiger partial charge < -0.3 is 4.74 Å². The summed E-state index contributed by atoms with van der Waals surface area (Å²) < 4.78 is 74.4. The standard InChI is InChI=1S/C24H25ClF3N5O5S/c1-6-32(19-9-10-33(30-19)22(35)38-23(3,4)5)21(34)20-18(11-15(25)13-29-20)31-39(36,37)16-8-7-14(2)17(12-16)24(26,27)28/h7-13,31H,6H2,1-5H3. The van der Waals surface area contributed by atoms with E-state index in [0.717, 1.165) is 34.0 Å². The van der Waals surface area contributed by atoms with E-state index >= 15 is 0 Å². The number of benzene rings is 1. The number of hydrogen-bond donors (Lipinski definition) is 1. The molecule has 0 aliphatic heterocycles. The lowest BCUT2D eigenvalue weighted by atomic mass is 10.1. The van der Waals surface area contributed by atoms with E-state index in [1.807, 2.05) is 0 Å². The zero-order valence-corrected chi connectivity index (χ0v) is 23.1. The Morgan fingerprint density at radius 1 is 1.15 bits per heavy atom. The molecule has 3 aromatic rings. The van der Waals surface area contributed by atoms with Crippen molar-refractivity contribution in [1.82, 2.24) is 14.8 Å². The summed E-state index contributed by atoms with van der Waals surface area (Å²) in [5.41, 5.74) is -2.85. The van der Waals surface area contributed by atoms with Gasteiger partial charge in [-0.1, -0.05) is 17.7 Å². The van der Waals surface area contributed by atoms with E-state index < -0.39 is 50.0 Å². The van der Waals surface area contributed by atoms with Gasteiger partial charge in [-0.2, -0.15) is 17.9 Å². The number of nitrogens with zero attached hydrogens (tertiary/aromatic N) is 4. The van der Waals surface area contributed by atoms with Crippen molar-refractivity contribution in [3.63, 3.8) is 0 Å². The smallest absolute Gasteiger partial charge is 0.435 e. The first-order valence-electron chi connectivity index (χ1n) is 11.4. The zero-order valence-electron chi connectivity index (χ0n) is 21.5. The van der Waals surface area contributed by atoms with Crippen LogP contribution in [0.5, 0.6) is 0 Å². The number of sulfonamides is 1. The highest BCUT2D eigenvalue weighted by molar-refractivity contribution is 7.92. The Morgan fingerprint density at radius 2 is 1.82 bits per heavy atom. The SMILES string of the molecule is CCN(C(=O)c1ncc(Cl)cc1NS(=O)(=O)c1ccc(C)c(C(F)(F)F)c1)c1ccn(C(=O)OC(C)(C)C)n1. The molecule has 0 aliphatic rings. The number of pyridine rings is 1. The summed E-state index contributed by atoms with van der Waals surface area (Å²) in [6.45, 7) is 7.86. The predicted molar refractivity (Wildman–Crippen MR) is 137 cm³/mol. The second-order valence-electron chi connectivity index (χ2n) is 9.28. The molecule has 3 rings (SSSR count). The number of ether oxygens (including phenoxy) is 1. The average Bonchev–Trinajstić information content (AvgIpc) is 3.27. The molecule has 2 heterocycles. The number of carbonyl (C=O) groups excluding carboxylic acids is 2. The maximum Gasteiger partial charge on any atom is 0.435 e. The number of carbonyl (C=O) groups is 2. The summed E-state index contributed by atoms with van der Waals surface area (Å²) in [4.78, 5) is 30.1. The molecule has 0 radical (unpaired) electrons. The molecule has 0 aliphatic carbocycles. The molecule has 0 spiro atoms. The van der Waals surface area contributed by atoms with Crippen LogP contribution in [0.2, 0.25) is 5.02 Å². The molecule has 0 atom stereocenters. The fourth-order valence-corrected chi connectivity index (χ4v) is 4.61. The van der Waals surface area contributed by atoms with Gasteiger partial charge in [0, 0.05) is 25.0 Å². The van der Waals surface area contributed by atoms with Gasteiger partial charge in [-0.15, -0.1) is 5.10 Å². The Bertz CT molecular complexity index is 1520. The van der Waals surface area contributed by atoms with Crippen molar-refractivity contribution in [3.05, 3.63) is 64.6 Å². The van der Waals surface area contributed by atoms with Crippen LogP contribution in [-0.2, 0) is 20.9 Å². The van der Waals surface area contributed by atoms with Crippen molar-refractivity contribution in [2.45, 2.75) is 51.3 Å². The fourth-order valence-electron chi connectivity index (χ4n) is 3.37. The largest absolute Gasteiger partial charge is 0.442 e. The molecule has 39 heavy (non-hydrogen) atoms. The van der Waals surface area contributed by atoms with Crippen LogP contribution >= 0.6 is 11.6 Å². The molecule has 0 fully saturated rings. The van der Waals surface area contributed by atoms with Gasteiger partial charge in [0.1, 0.15) is 5.60 Å². The Balaban J connectivity index is 1.97. The molecule has 0 unspecified atom stereocenters. The number of rotatable bonds is 6. The van der Waals surface area contributed by atoms with Crippen LogP contribution < -0.4 is 9.62 Å². The van der Waals surface area contributed by atoms with E-state index in [1.165, 1.54) is 19.2 Å². The van der Waals surface area contributed by atoms with E-state index in [0.29, 0.717) is 6.07 Å². The molecular formula is C24H25ClF3N5O5S. The molecule has 210 valence electrons. The second kappa shape index (κ2) is 10.8. The lowest BCUT2D eigenvalue weighted by molar-refractivity contribution is -0.138. The Labute approximate surface area is 227 Å². The number of amides is 1. The van der Waals surface area contributed by atoms with E-state index in [1.54, 1.807) is 27.7 Å². The number of anilines is 2. The molecule has 1 aromatic carbocycles. The van der Waals surface area contributed by atoms with Gasteiger partial charge in [0.15, 0.2) is 11.5 Å². The highest BCUT2D eigenvalue weighted by Crippen LogP contribution is 2.34. The van der Waals surface area contributed by atoms with Gasteiger partial charge in [0.25, 0.3) is 15.9 Å². The van der Waals surface area contributed by atoms with E-state index in [-0.39, 0.29) is 28.6 Å². The summed E-state index contributed by atoms with van der Waals surface area (Å²) in [5, 5.41) is 4.03. The van der Waals surface area contributed by atoms with Gasteiger partial charge in [0.2, 0.25) is 0 Å². The first-order valence-corrected chi connectivity index (χ1v) is 13.3. The molecule has 2 aromatic heterocycles. The van der Waals surface area contributed by atoms with Crippen molar-refractivity contribution in [3.8, 4) is 0 Å². The van der Waals surface area contributed by atoms with Crippen LogP contribution in [0, 0.1) is 6.92 Å². The van der Waals surface area contributed by atoms with Gasteiger partial charge in [0.05, 0.1) is 21.2 Å². The molecule has 15 heteroatoms. The number of nitrogens with one attached hydrogen (secondary N) is 1. The van der Waals surface area contributed by atoms with Crippen LogP contribution in [0.1, 0.15) is 49.3 Å². The summed E-state index contributed by atoms with van der Waals surface area (Å²) in [6.07, 6.45) is -3.17. The highest BCUT2D eigenvalue weighted by Gasteiger charge is 2.34. The summed E-state index contributed by atoms with van der Waals surface area (Å²) in [6, 6.07) is 5.01. The minimum Gasteiger partial charge on any atom is -0.442 e. The highest BCUT2D eigenvalue weighted by atomic mass is 35.5. The van der Waals surface area contributed by atoms with Gasteiger partial charge in [-0.3, -0.25) is 14.4 Å². The number of aryl methyl sites for hydroxylation is 1. The van der Waals surface area contributed by atoms with Crippen LogP contribution in [0.4, 0.5) is 29.5 Å². The predicted octanol–water partition coefficient (Wildman–Crippen LogP) is 5.51. The minimum atomic E-state index is -4.78. The maximum atomic E-state index is 13.4. The lowest BCUT2D eigenvalue weighted by Gasteiger charge is -2.20. The van der Waals surface area contributed by atoms with Crippen molar-refractivity contribution in [2.24, 2.45) is 0 Å². The molecule has 10 nitrogen and oxygen atoms in total. The van der Waals surface area contributed by atoms with Gasteiger partial charge >= 0.3 is 12.3 Å². The molecule has 1 amide bonds. The number of hydrogen-bond acceptors (Lipinski definition) is 7. The number of halogens is 4. The van der Waals surface area contributed by atoms with Gasteiger partial charge in [-0.25, -0.2) is 18.2 Å². The third kappa shape index (κ3) is 7.06. The van der Waals surface area contributed by atoms with Crippen LogP contribution in [0.3, 0.4) is 0 Å². The quantitative estimate of drug-likeness (QED) is 0.403. The number of alkyl halides is 3. The fraction of sp³-hybridized carbons (Fsp3) is 0.333. The van der Waals surface area contributed by atoms with E-state index in [9.17, 15) is 31.2 Å². The van der Waals surface area contributed by atoms with Gasteiger partial charge in [-0.05, 0) is 58.4 Å². The van der Waals surface area contributed by atoms with Crippen LogP contribution in [0.15, 0.2) is 47.6 Å². The first-order chi connectivity index (χ1) is 17.9. The third-order valence-electron chi connectivity index (χ3n) is 5.12. The molecule has 0 saturated carbocycles. The molecular weight excluding hydrogens is 563 g/mol. The summed E-state index contributed by atoms with van der Waals surface area (Å²) in [5.74, 6) is -0.784. The topological polar surface area (TPSA) is 123 Å². The van der Waals surface area contributed by atoms with Crippen molar-refractivity contribution >= 4 is 45.1 Å². The van der Waals surface area contributed by atoms with Crippen LogP contribution in [0.25, 0.3) is 0 Å². The minimum absolute atomic E-state index is 0.0345. The summed E-state index contributed by atoms with van der Waals surface area (Å²) >= 11 is 5.99. The average molecular weight is 588 g/mol. The Morgan fingerprint density at radius 3 is 2.41 bits per heavy atom. The first kappa shape index (κ1) is 29.9. The lowest BCUT2D eigenvalue weighted by Crippen LogP contribution is -2.33. The maximum absolute atomic E-state index is 13.4. The van der Waals surface area contributed by atoms with E-state index in [4.69, 9.17) is 16.3 Å². The Kier molecular flexibility index (Phi) is 8.32. The molecule has 0 bridgehead atoms. The summed E-state index contributed by atoms with van der Waals surface area (Å²) in [7, 11) is -4.61. The second-order valence-corrected chi connectivity index (χ2v) is 11.4. The number of aromatic nitrogens is 3. The van der Waals surface area contributed by atoms with Crippen molar-refractivity contribution in [1.29, 1.82) is 0 Å². The van der Waals surface area contributed by atoms with Crippen LogP contribution in [-0.4, -0.2) is 47.3 Å².